The predicted octanol–water partition coefficient (Wildman–Crippen LogP) is 3.64. The van der Waals surface area contributed by atoms with Gasteiger partial charge >= 0.3 is 5.97 Å². The number of rotatable bonds is 7. The van der Waals surface area contributed by atoms with Crippen molar-refractivity contribution in [2.24, 2.45) is 0 Å². The summed E-state index contributed by atoms with van der Waals surface area (Å²) in [6.07, 6.45) is 1.88. The van der Waals surface area contributed by atoms with Crippen LogP contribution in [0.4, 0.5) is 0 Å². The van der Waals surface area contributed by atoms with Crippen molar-refractivity contribution in [2.45, 2.75) is 39.0 Å². The van der Waals surface area contributed by atoms with Crippen molar-refractivity contribution >= 4 is 28.6 Å². The monoisotopic (exact) mass is 482 g/mol. The van der Waals surface area contributed by atoms with Crippen molar-refractivity contribution in [2.75, 3.05) is 6.61 Å². The molecule has 1 atom stereocenters. The van der Waals surface area contributed by atoms with Crippen LogP contribution < -0.4 is 5.32 Å². The van der Waals surface area contributed by atoms with Crippen LogP contribution in [-0.2, 0) is 37.0 Å². The molecule has 2 heterocycles. The van der Waals surface area contributed by atoms with Crippen LogP contribution in [0, 0.1) is 11.8 Å². The summed E-state index contributed by atoms with van der Waals surface area (Å²) < 4.78 is 11.3. The van der Waals surface area contributed by atoms with Crippen LogP contribution in [0.3, 0.4) is 0 Å². The van der Waals surface area contributed by atoms with Crippen LogP contribution in [0.2, 0.25) is 0 Å². The Hall–Kier alpha value is -4.28. The summed E-state index contributed by atoms with van der Waals surface area (Å²) in [5.74, 6) is 4.14. The minimum atomic E-state index is -1.34. The van der Waals surface area contributed by atoms with Crippen LogP contribution in [0.25, 0.3) is 10.9 Å². The lowest BCUT2D eigenvalue weighted by molar-refractivity contribution is -0.169. The molecule has 0 spiro atoms. The first-order valence-corrected chi connectivity index (χ1v) is 11.7. The number of carbonyl (C=O) groups is 3. The molecule has 1 aromatic heterocycles. The summed E-state index contributed by atoms with van der Waals surface area (Å²) in [6.45, 7) is 3.38. The maximum Gasteiger partial charge on any atom is 0.342 e. The van der Waals surface area contributed by atoms with Crippen LogP contribution in [-0.4, -0.2) is 34.9 Å². The number of nitrogens with one attached hydrogen (secondary N) is 1. The topological polar surface area (TPSA) is 94.6 Å². The van der Waals surface area contributed by atoms with Crippen LogP contribution in [0.5, 0.6) is 0 Å². The van der Waals surface area contributed by atoms with Crippen molar-refractivity contribution in [3.05, 3.63) is 89.1 Å². The second-order valence-electron chi connectivity index (χ2n) is 8.44. The Morgan fingerprint density at radius 3 is 2.64 bits per heavy atom. The lowest BCUT2D eigenvalue weighted by Gasteiger charge is -2.32. The molecule has 36 heavy (non-hydrogen) atoms. The Morgan fingerprint density at radius 2 is 1.89 bits per heavy atom. The summed E-state index contributed by atoms with van der Waals surface area (Å²) in [7, 11) is 0. The Balaban J connectivity index is 1.54. The molecule has 0 fully saturated rings. The number of cyclic esters (lactones) is 1. The number of hydrogen-bond donors (Lipinski definition) is 1. The summed E-state index contributed by atoms with van der Waals surface area (Å²) in [5, 5.41) is 3.75. The highest BCUT2D eigenvalue weighted by molar-refractivity contribution is 5.97. The fourth-order valence-electron chi connectivity index (χ4n) is 3.85. The van der Waals surface area contributed by atoms with Gasteiger partial charge in [0, 0.05) is 24.4 Å². The molecule has 0 saturated carbocycles. The maximum atomic E-state index is 13.1. The van der Waals surface area contributed by atoms with E-state index in [0.29, 0.717) is 23.3 Å². The number of fused-ring (bicyclic) bond motifs is 1. The Kier molecular flexibility index (Phi) is 7.57. The lowest BCUT2D eigenvalue weighted by atomic mass is 9.94. The molecule has 7 nitrogen and oxygen atoms in total. The third-order valence-corrected chi connectivity index (χ3v) is 5.87. The quantitative estimate of drug-likeness (QED) is 0.408. The first kappa shape index (κ1) is 24.8. The molecule has 7 heteroatoms. The number of hydrogen-bond acceptors (Lipinski definition) is 6. The van der Waals surface area contributed by atoms with Crippen molar-refractivity contribution < 1.29 is 23.9 Å². The van der Waals surface area contributed by atoms with Gasteiger partial charge in [-0.1, -0.05) is 55.5 Å². The summed E-state index contributed by atoms with van der Waals surface area (Å²) in [4.78, 5) is 41.6. The lowest BCUT2D eigenvalue weighted by Crippen LogP contribution is -2.46. The van der Waals surface area contributed by atoms with E-state index in [9.17, 15) is 14.4 Å². The number of Topliss-reactive ketones (excluding diaryl/α,β-unsaturated/α-hetero) is 1. The highest BCUT2D eigenvalue weighted by Crippen LogP contribution is 2.28. The smallest absolute Gasteiger partial charge is 0.342 e. The first-order valence-electron chi connectivity index (χ1n) is 11.7. The zero-order chi connectivity index (χ0) is 25.5. The second-order valence-corrected chi connectivity index (χ2v) is 8.44. The van der Waals surface area contributed by atoms with Gasteiger partial charge in [-0.15, -0.1) is 0 Å². The highest BCUT2D eigenvalue weighted by atomic mass is 16.6. The van der Waals surface area contributed by atoms with Gasteiger partial charge in [0.1, 0.15) is 12.3 Å². The fraction of sp³-hybridized carbons (Fsp3) is 0.241. The van der Waals surface area contributed by atoms with Gasteiger partial charge in [-0.2, -0.15) is 0 Å². The molecule has 0 bridgehead atoms. The first-order chi connectivity index (χ1) is 17.4. The SMILES string of the molecule is CCC1(OCc2ccccc2)C=C(C(=O)NCc2cc3ccccc3nc2C#CC(C)=O)COC1=O. The summed E-state index contributed by atoms with van der Waals surface area (Å²) in [6, 6.07) is 18.9. The Bertz CT molecular complexity index is 1400. The van der Waals surface area contributed by atoms with E-state index in [4.69, 9.17) is 9.47 Å². The molecule has 1 N–H and O–H groups in total. The van der Waals surface area contributed by atoms with Crippen molar-refractivity contribution in [3.8, 4) is 11.8 Å². The zero-order valence-electron chi connectivity index (χ0n) is 20.2. The molecule has 1 amide bonds. The van der Waals surface area contributed by atoms with Gasteiger partial charge in [-0.05, 0) is 42.0 Å². The highest BCUT2D eigenvalue weighted by Gasteiger charge is 2.42. The molecule has 2 aromatic carbocycles. The third-order valence-electron chi connectivity index (χ3n) is 5.87. The van der Waals surface area contributed by atoms with E-state index >= 15 is 0 Å². The zero-order valence-corrected chi connectivity index (χ0v) is 20.2. The molecule has 0 aliphatic carbocycles. The van der Waals surface area contributed by atoms with E-state index < -0.39 is 11.6 Å². The third kappa shape index (κ3) is 5.68. The van der Waals surface area contributed by atoms with Gasteiger partial charge in [0.15, 0.2) is 5.60 Å². The molecule has 0 saturated heterocycles. The Morgan fingerprint density at radius 1 is 1.14 bits per heavy atom. The molecule has 4 rings (SSSR count). The van der Waals surface area contributed by atoms with Crippen LogP contribution in [0.15, 0.2) is 72.3 Å². The van der Waals surface area contributed by atoms with Gasteiger partial charge in [0.25, 0.3) is 5.91 Å². The number of benzene rings is 2. The number of para-hydroxylation sites is 1. The average molecular weight is 483 g/mol. The van der Waals surface area contributed by atoms with E-state index in [1.54, 1.807) is 6.08 Å². The number of amides is 1. The van der Waals surface area contributed by atoms with Crippen molar-refractivity contribution in [3.63, 3.8) is 0 Å². The maximum absolute atomic E-state index is 13.1. The number of ether oxygens (including phenoxy) is 2. The van der Waals surface area contributed by atoms with Gasteiger partial charge < -0.3 is 14.8 Å². The minimum Gasteiger partial charge on any atom is -0.458 e. The number of nitrogens with zero attached hydrogens (tertiary/aromatic N) is 1. The molecule has 1 aliphatic rings. The molecule has 182 valence electrons. The van der Waals surface area contributed by atoms with Gasteiger partial charge in [0.2, 0.25) is 5.78 Å². The average Bonchev–Trinajstić information content (AvgIpc) is 2.90. The van der Waals surface area contributed by atoms with Crippen molar-refractivity contribution in [1.82, 2.24) is 10.3 Å². The van der Waals surface area contributed by atoms with Gasteiger partial charge in [-0.25, -0.2) is 9.78 Å². The van der Waals surface area contributed by atoms with Gasteiger partial charge in [-0.3, -0.25) is 9.59 Å². The van der Waals surface area contributed by atoms with Crippen molar-refractivity contribution in [1.29, 1.82) is 0 Å². The number of carbonyl (C=O) groups excluding carboxylic acids is 3. The van der Waals surface area contributed by atoms with E-state index in [1.807, 2.05) is 67.6 Å². The normalized spacial score (nSPS) is 16.9. The largest absolute Gasteiger partial charge is 0.458 e. The van der Waals surface area contributed by atoms with Crippen LogP contribution >= 0.6 is 0 Å². The van der Waals surface area contributed by atoms with Crippen LogP contribution in [0.1, 0.15) is 37.1 Å². The Labute approximate surface area is 209 Å². The number of esters is 1. The van der Waals surface area contributed by atoms with E-state index in [-0.39, 0.29) is 31.4 Å². The molecular formula is C29H26N2O5. The van der Waals surface area contributed by atoms with E-state index in [0.717, 1.165) is 16.5 Å². The fourth-order valence-corrected chi connectivity index (χ4v) is 3.85. The molecular weight excluding hydrogens is 456 g/mol. The van der Waals surface area contributed by atoms with Gasteiger partial charge in [0.05, 0.1) is 17.7 Å². The molecule has 0 radical (unpaired) electrons. The van der Waals surface area contributed by atoms with E-state index in [2.05, 4.69) is 22.1 Å². The van der Waals surface area contributed by atoms with E-state index in [1.165, 1.54) is 6.92 Å². The minimum absolute atomic E-state index is 0.133. The number of ketones is 1. The number of pyridine rings is 1. The molecule has 1 aliphatic heterocycles. The molecule has 3 aromatic rings. The summed E-state index contributed by atoms with van der Waals surface area (Å²) in [5.41, 5.74) is 1.70. The summed E-state index contributed by atoms with van der Waals surface area (Å²) >= 11 is 0. The predicted molar refractivity (Wildman–Crippen MR) is 134 cm³/mol. The second kappa shape index (κ2) is 11.0. The number of aromatic nitrogens is 1. The standard InChI is InChI=1S/C29H26N2O5/c1-3-29(36-18-21-9-5-4-6-10-21)16-24(19-35-28(29)34)27(33)30-17-23-15-22-11-7-8-12-25(22)31-26(23)14-13-20(2)32/h4-12,15-16H,3,17-19H2,1-2H3,(H,30,33). The molecule has 1 unspecified atom stereocenters.